The van der Waals surface area contributed by atoms with Gasteiger partial charge in [0.25, 0.3) is 0 Å². The molecule has 1 atom stereocenters. The Morgan fingerprint density at radius 3 is 1.88 bits per heavy atom. The summed E-state index contributed by atoms with van der Waals surface area (Å²) in [7, 11) is 2.16. The second kappa shape index (κ2) is 8.27. The summed E-state index contributed by atoms with van der Waals surface area (Å²) >= 11 is 1.53. The van der Waals surface area contributed by atoms with Gasteiger partial charge in [-0.05, 0) is 35.4 Å². The molecule has 1 aromatic heterocycles. The van der Waals surface area contributed by atoms with Crippen LogP contribution in [-0.2, 0) is 16.6 Å². The monoisotopic (exact) mass is 373 g/mol. The Morgan fingerprint density at radius 1 is 0.960 bits per heavy atom. The molecule has 130 valence electrons. The lowest BCUT2D eigenvalue weighted by molar-refractivity contribution is 0.414. The lowest BCUT2D eigenvalue weighted by atomic mass is 10.0. The highest BCUT2D eigenvalue weighted by Crippen LogP contribution is 2.32. The topological polar surface area (TPSA) is 48.4 Å². The molecule has 0 aliphatic heterocycles. The van der Waals surface area contributed by atoms with Crippen molar-refractivity contribution < 1.29 is 13.7 Å². The molecular formula is C19H19NO3S2. The van der Waals surface area contributed by atoms with Crippen LogP contribution in [0.2, 0.25) is 0 Å². The number of hydrogen-bond donors (Lipinski definition) is 0. The Balaban J connectivity index is 1.95. The lowest BCUT2D eigenvalue weighted by Crippen LogP contribution is -2.10. The van der Waals surface area contributed by atoms with Gasteiger partial charge in [-0.3, -0.25) is 9.19 Å². The highest BCUT2D eigenvalue weighted by molar-refractivity contribution is 7.84. The van der Waals surface area contributed by atoms with E-state index in [0.29, 0.717) is 5.75 Å². The summed E-state index contributed by atoms with van der Waals surface area (Å²) < 4.78 is 23.6. The molecule has 6 heteroatoms. The van der Waals surface area contributed by atoms with E-state index in [1.54, 1.807) is 25.9 Å². The normalized spacial score (nSPS) is 12.1. The van der Waals surface area contributed by atoms with Crippen LogP contribution in [0.15, 0.2) is 60.2 Å². The quantitative estimate of drug-likeness (QED) is 0.623. The Kier molecular flexibility index (Phi) is 5.83. The van der Waals surface area contributed by atoms with Gasteiger partial charge in [0.05, 0.1) is 30.7 Å². The van der Waals surface area contributed by atoms with E-state index in [1.807, 2.05) is 48.5 Å². The third-order valence-electron chi connectivity index (χ3n) is 3.87. The first-order valence-corrected chi connectivity index (χ1v) is 10.00. The number of hydrogen-bond acceptors (Lipinski definition) is 5. The van der Waals surface area contributed by atoms with Crippen molar-refractivity contribution >= 4 is 22.1 Å². The van der Waals surface area contributed by atoms with E-state index < -0.39 is 10.8 Å². The number of benzene rings is 2. The standard InChI is InChI=1S/C19H19NO3S2/c1-22-16-7-3-14(4-8-16)19(15-5-9-17(23-2)10-6-15)25(21)12-18-11-20-13-24-18/h3-11,13,19H,12H2,1-2H3. The second-order valence-electron chi connectivity index (χ2n) is 5.42. The van der Waals surface area contributed by atoms with E-state index >= 15 is 0 Å². The van der Waals surface area contributed by atoms with Gasteiger partial charge < -0.3 is 9.47 Å². The summed E-state index contributed by atoms with van der Waals surface area (Å²) in [5.74, 6) is 2.05. The van der Waals surface area contributed by atoms with Crippen LogP contribution in [-0.4, -0.2) is 23.4 Å². The molecule has 25 heavy (non-hydrogen) atoms. The minimum absolute atomic E-state index is 0.223. The van der Waals surface area contributed by atoms with E-state index in [4.69, 9.17) is 9.47 Å². The van der Waals surface area contributed by atoms with Gasteiger partial charge >= 0.3 is 0 Å². The molecule has 1 heterocycles. The van der Waals surface area contributed by atoms with Crippen LogP contribution in [0.3, 0.4) is 0 Å². The molecule has 0 aliphatic rings. The van der Waals surface area contributed by atoms with Gasteiger partial charge in [0.1, 0.15) is 11.5 Å². The number of thiazole rings is 1. The third kappa shape index (κ3) is 4.27. The summed E-state index contributed by atoms with van der Waals surface area (Å²) in [6, 6.07) is 15.5. The van der Waals surface area contributed by atoms with Gasteiger partial charge in [0, 0.05) is 21.9 Å². The average molecular weight is 373 g/mol. The van der Waals surface area contributed by atoms with Crippen molar-refractivity contribution in [3.05, 3.63) is 76.2 Å². The molecule has 3 aromatic rings. The summed E-state index contributed by atoms with van der Waals surface area (Å²) in [4.78, 5) is 5.10. The fourth-order valence-corrected chi connectivity index (χ4v) is 5.03. The van der Waals surface area contributed by atoms with E-state index in [1.165, 1.54) is 11.3 Å². The first-order chi connectivity index (χ1) is 12.2. The highest BCUT2D eigenvalue weighted by Gasteiger charge is 2.22. The van der Waals surface area contributed by atoms with Crippen molar-refractivity contribution in [1.29, 1.82) is 0 Å². The van der Waals surface area contributed by atoms with E-state index in [-0.39, 0.29) is 5.25 Å². The molecule has 0 aliphatic carbocycles. The Bertz CT molecular complexity index is 767. The molecule has 0 spiro atoms. The number of methoxy groups -OCH3 is 2. The molecule has 0 bridgehead atoms. The molecule has 0 amide bonds. The Morgan fingerprint density at radius 2 is 1.48 bits per heavy atom. The molecular weight excluding hydrogens is 354 g/mol. The number of aromatic nitrogens is 1. The number of ether oxygens (including phenoxy) is 2. The highest BCUT2D eigenvalue weighted by atomic mass is 32.2. The lowest BCUT2D eigenvalue weighted by Gasteiger charge is -2.18. The van der Waals surface area contributed by atoms with Gasteiger partial charge in [-0.1, -0.05) is 24.3 Å². The maximum absolute atomic E-state index is 13.1. The van der Waals surface area contributed by atoms with E-state index in [2.05, 4.69) is 4.98 Å². The van der Waals surface area contributed by atoms with E-state index in [9.17, 15) is 4.21 Å². The summed E-state index contributed by atoms with van der Waals surface area (Å²) in [6.45, 7) is 0. The fourth-order valence-electron chi connectivity index (χ4n) is 2.59. The molecule has 4 nitrogen and oxygen atoms in total. The van der Waals surface area contributed by atoms with Crippen LogP contribution in [0, 0.1) is 0 Å². The van der Waals surface area contributed by atoms with Gasteiger partial charge in [-0.15, -0.1) is 11.3 Å². The number of rotatable bonds is 7. The molecule has 0 fully saturated rings. The predicted octanol–water partition coefficient (Wildman–Crippen LogP) is 4.20. The van der Waals surface area contributed by atoms with Crippen molar-refractivity contribution in [2.45, 2.75) is 11.0 Å². The van der Waals surface area contributed by atoms with E-state index in [0.717, 1.165) is 27.5 Å². The second-order valence-corrected chi connectivity index (χ2v) is 7.91. The van der Waals surface area contributed by atoms with Crippen LogP contribution in [0.4, 0.5) is 0 Å². The summed E-state index contributed by atoms with van der Waals surface area (Å²) in [6.07, 6.45) is 1.78. The van der Waals surface area contributed by atoms with Crippen LogP contribution in [0.1, 0.15) is 21.3 Å². The van der Waals surface area contributed by atoms with Crippen molar-refractivity contribution in [3.8, 4) is 11.5 Å². The van der Waals surface area contributed by atoms with Crippen LogP contribution >= 0.6 is 11.3 Å². The van der Waals surface area contributed by atoms with Crippen molar-refractivity contribution in [2.75, 3.05) is 14.2 Å². The average Bonchev–Trinajstić information content (AvgIpc) is 3.16. The Hall–Kier alpha value is -2.18. The smallest absolute Gasteiger partial charge is 0.118 e. The molecule has 3 rings (SSSR count). The number of nitrogens with zero attached hydrogens (tertiary/aromatic N) is 1. The maximum atomic E-state index is 13.1. The molecule has 0 saturated carbocycles. The first kappa shape index (κ1) is 17.6. The summed E-state index contributed by atoms with van der Waals surface area (Å²) in [5.41, 5.74) is 3.75. The third-order valence-corrected chi connectivity index (χ3v) is 6.50. The maximum Gasteiger partial charge on any atom is 0.118 e. The van der Waals surface area contributed by atoms with Gasteiger partial charge in [0.15, 0.2) is 0 Å². The molecule has 2 aromatic carbocycles. The van der Waals surface area contributed by atoms with Crippen LogP contribution < -0.4 is 9.47 Å². The largest absolute Gasteiger partial charge is 0.497 e. The van der Waals surface area contributed by atoms with Gasteiger partial charge in [-0.25, -0.2) is 0 Å². The molecule has 0 saturated heterocycles. The molecule has 1 unspecified atom stereocenters. The Labute approximate surface area is 153 Å². The SMILES string of the molecule is COc1ccc(C(c2ccc(OC)cc2)S(=O)Cc2cncs2)cc1. The minimum Gasteiger partial charge on any atom is -0.497 e. The zero-order valence-corrected chi connectivity index (χ0v) is 15.7. The summed E-state index contributed by atoms with van der Waals surface area (Å²) in [5, 5.41) is -0.223. The fraction of sp³-hybridized carbons (Fsp3) is 0.211. The van der Waals surface area contributed by atoms with Crippen molar-refractivity contribution in [3.63, 3.8) is 0 Å². The minimum atomic E-state index is -1.12. The van der Waals surface area contributed by atoms with Crippen LogP contribution in [0.25, 0.3) is 0 Å². The van der Waals surface area contributed by atoms with Crippen LogP contribution in [0.5, 0.6) is 11.5 Å². The van der Waals surface area contributed by atoms with Gasteiger partial charge in [-0.2, -0.15) is 0 Å². The predicted molar refractivity (Wildman–Crippen MR) is 102 cm³/mol. The van der Waals surface area contributed by atoms with Crippen molar-refractivity contribution in [2.24, 2.45) is 0 Å². The molecule has 0 N–H and O–H groups in total. The first-order valence-electron chi connectivity index (χ1n) is 7.73. The van der Waals surface area contributed by atoms with Gasteiger partial charge in [0.2, 0.25) is 0 Å². The zero-order valence-electron chi connectivity index (χ0n) is 14.0. The zero-order chi connectivity index (χ0) is 17.6. The molecule has 0 radical (unpaired) electrons. The van der Waals surface area contributed by atoms with Crippen molar-refractivity contribution in [1.82, 2.24) is 4.98 Å².